The first-order chi connectivity index (χ1) is 12.2. The SMILES string of the molecule is O=C(NCc1ccc(Cl)cc1)[C@@H]1Cc2[nH]cnc2C2(CCCCC2)N1. The van der Waals surface area contributed by atoms with E-state index in [1.165, 1.54) is 19.3 Å². The molecule has 1 aromatic heterocycles. The molecule has 1 aliphatic heterocycles. The fourth-order valence-electron chi connectivity index (χ4n) is 4.16. The molecule has 4 rings (SSSR count). The van der Waals surface area contributed by atoms with Crippen LogP contribution in [0.15, 0.2) is 30.6 Å². The molecule has 1 fully saturated rings. The quantitative estimate of drug-likeness (QED) is 0.789. The maximum atomic E-state index is 12.8. The van der Waals surface area contributed by atoms with Crippen LogP contribution in [-0.2, 0) is 23.3 Å². The zero-order valence-electron chi connectivity index (χ0n) is 14.1. The number of H-pyrrole nitrogens is 1. The number of aromatic amines is 1. The summed E-state index contributed by atoms with van der Waals surface area (Å²) in [7, 11) is 0. The molecule has 1 aromatic carbocycles. The van der Waals surface area contributed by atoms with Crippen molar-refractivity contribution in [2.24, 2.45) is 0 Å². The predicted octanol–water partition coefficient (Wildman–Crippen LogP) is 3.05. The van der Waals surface area contributed by atoms with Gasteiger partial charge >= 0.3 is 0 Å². The Kier molecular flexibility index (Phi) is 4.52. The Balaban J connectivity index is 1.47. The van der Waals surface area contributed by atoms with Crippen molar-refractivity contribution in [2.75, 3.05) is 0 Å². The number of nitrogens with zero attached hydrogens (tertiary/aromatic N) is 1. The van der Waals surface area contributed by atoms with Gasteiger partial charge in [-0.2, -0.15) is 0 Å². The molecular formula is C19H23ClN4O. The Morgan fingerprint density at radius 3 is 2.76 bits per heavy atom. The van der Waals surface area contributed by atoms with Crippen LogP contribution in [0, 0.1) is 0 Å². The van der Waals surface area contributed by atoms with Gasteiger partial charge in [0.25, 0.3) is 0 Å². The standard InChI is InChI=1S/C19H23ClN4O/c20-14-6-4-13(5-7-14)11-21-18(25)16-10-15-17(23-12-22-15)19(24-16)8-2-1-3-9-19/h4-7,12,16,24H,1-3,8-11H2,(H,21,25)(H,22,23)/t16-/m0/s1. The van der Waals surface area contributed by atoms with E-state index < -0.39 is 0 Å². The second-order valence-corrected chi connectivity index (χ2v) is 7.55. The molecule has 1 spiro atoms. The second-order valence-electron chi connectivity index (χ2n) is 7.12. The molecule has 0 radical (unpaired) electrons. The molecule has 1 aliphatic carbocycles. The number of benzene rings is 1. The van der Waals surface area contributed by atoms with Crippen LogP contribution in [-0.4, -0.2) is 21.9 Å². The summed E-state index contributed by atoms with van der Waals surface area (Å²) in [6.07, 6.45) is 8.13. The minimum absolute atomic E-state index is 0.0418. The van der Waals surface area contributed by atoms with E-state index >= 15 is 0 Å². The third-order valence-corrected chi connectivity index (χ3v) is 5.69. The zero-order valence-corrected chi connectivity index (χ0v) is 14.9. The molecule has 1 amide bonds. The highest BCUT2D eigenvalue weighted by Crippen LogP contribution is 2.40. The number of carbonyl (C=O) groups excluding carboxylic acids is 1. The van der Waals surface area contributed by atoms with E-state index in [1.54, 1.807) is 6.33 Å². The monoisotopic (exact) mass is 358 g/mol. The van der Waals surface area contributed by atoms with Gasteiger partial charge in [0.1, 0.15) is 0 Å². The van der Waals surface area contributed by atoms with Crippen LogP contribution in [0.4, 0.5) is 0 Å². The van der Waals surface area contributed by atoms with E-state index in [-0.39, 0.29) is 17.5 Å². The molecule has 5 nitrogen and oxygen atoms in total. The number of aromatic nitrogens is 2. The van der Waals surface area contributed by atoms with Gasteiger partial charge in [0.15, 0.2) is 0 Å². The van der Waals surface area contributed by atoms with Crippen molar-refractivity contribution >= 4 is 17.5 Å². The number of fused-ring (bicyclic) bond motifs is 2. The first-order valence-electron chi connectivity index (χ1n) is 8.99. The third-order valence-electron chi connectivity index (χ3n) is 5.43. The van der Waals surface area contributed by atoms with Crippen LogP contribution in [0.1, 0.15) is 49.1 Å². The second kappa shape index (κ2) is 6.81. The molecular weight excluding hydrogens is 336 g/mol. The summed E-state index contributed by atoms with van der Waals surface area (Å²) in [6, 6.07) is 7.34. The van der Waals surface area contributed by atoms with Crippen LogP contribution < -0.4 is 10.6 Å². The van der Waals surface area contributed by atoms with Crippen molar-refractivity contribution in [3.05, 3.63) is 52.6 Å². The number of halogens is 1. The summed E-state index contributed by atoms with van der Waals surface area (Å²) in [6.45, 7) is 0.511. The molecule has 6 heteroatoms. The van der Waals surface area contributed by atoms with Gasteiger partial charge < -0.3 is 10.3 Å². The highest BCUT2D eigenvalue weighted by molar-refractivity contribution is 6.30. The van der Waals surface area contributed by atoms with E-state index in [9.17, 15) is 4.79 Å². The number of hydrogen-bond acceptors (Lipinski definition) is 3. The summed E-state index contributed by atoms with van der Waals surface area (Å²) in [4.78, 5) is 20.6. The number of carbonyl (C=O) groups is 1. The normalized spacial score (nSPS) is 21.7. The molecule has 3 N–H and O–H groups in total. The molecule has 2 aromatic rings. The van der Waals surface area contributed by atoms with Gasteiger partial charge in [-0.25, -0.2) is 4.98 Å². The van der Waals surface area contributed by atoms with Crippen LogP contribution in [0.25, 0.3) is 0 Å². The Labute approximate surface area is 152 Å². The highest BCUT2D eigenvalue weighted by atomic mass is 35.5. The number of rotatable bonds is 3. The predicted molar refractivity (Wildman–Crippen MR) is 97.3 cm³/mol. The number of amides is 1. The van der Waals surface area contributed by atoms with E-state index in [4.69, 9.17) is 11.6 Å². The lowest BCUT2D eigenvalue weighted by molar-refractivity contribution is -0.124. The van der Waals surface area contributed by atoms with E-state index in [0.29, 0.717) is 18.0 Å². The van der Waals surface area contributed by atoms with Crippen molar-refractivity contribution in [1.29, 1.82) is 0 Å². The van der Waals surface area contributed by atoms with Crippen LogP contribution in [0.5, 0.6) is 0 Å². The van der Waals surface area contributed by atoms with Crippen molar-refractivity contribution < 1.29 is 4.79 Å². The summed E-state index contributed by atoms with van der Waals surface area (Å²) in [5.41, 5.74) is 3.12. The van der Waals surface area contributed by atoms with Crippen molar-refractivity contribution in [2.45, 2.75) is 56.7 Å². The van der Waals surface area contributed by atoms with Crippen LogP contribution in [0.2, 0.25) is 5.02 Å². The van der Waals surface area contributed by atoms with Gasteiger partial charge in [-0.15, -0.1) is 0 Å². The van der Waals surface area contributed by atoms with Gasteiger partial charge in [0.2, 0.25) is 5.91 Å². The topological polar surface area (TPSA) is 69.8 Å². The first kappa shape index (κ1) is 16.6. The lowest BCUT2D eigenvalue weighted by Gasteiger charge is -2.43. The molecule has 2 heterocycles. The van der Waals surface area contributed by atoms with Gasteiger partial charge in [-0.05, 0) is 30.5 Å². The zero-order chi connectivity index (χ0) is 17.3. The summed E-state index contributed by atoms with van der Waals surface area (Å²) < 4.78 is 0. The van der Waals surface area contributed by atoms with E-state index in [2.05, 4.69) is 20.6 Å². The number of nitrogens with one attached hydrogen (secondary N) is 3. The first-order valence-corrected chi connectivity index (χ1v) is 9.37. The molecule has 0 unspecified atom stereocenters. The average Bonchev–Trinajstić information content (AvgIpc) is 3.11. The molecule has 2 aliphatic rings. The summed E-state index contributed by atoms with van der Waals surface area (Å²) in [5, 5.41) is 7.40. The Bertz CT molecular complexity index is 749. The molecule has 1 saturated carbocycles. The molecule has 0 saturated heterocycles. The Morgan fingerprint density at radius 1 is 1.24 bits per heavy atom. The third kappa shape index (κ3) is 3.31. The van der Waals surface area contributed by atoms with Crippen LogP contribution >= 0.6 is 11.6 Å². The van der Waals surface area contributed by atoms with E-state index in [1.807, 2.05) is 24.3 Å². The molecule has 1 atom stereocenters. The molecule has 0 bridgehead atoms. The minimum atomic E-state index is -0.224. The van der Waals surface area contributed by atoms with E-state index in [0.717, 1.165) is 29.8 Å². The van der Waals surface area contributed by atoms with Crippen molar-refractivity contribution in [3.63, 3.8) is 0 Å². The molecule has 132 valence electrons. The van der Waals surface area contributed by atoms with Gasteiger partial charge in [-0.1, -0.05) is 43.0 Å². The fourth-order valence-corrected chi connectivity index (χ4v) is 4.28. The summed E-state index contributed by atoms with van der Waals surface area (Å²) in [5.74, 6) is 0.0418. The maximum absolute atomic E-state index is 12.8. The highest BCUT2D eigenvalue weighted by Gasteiger charge is 2.44. The maximum Gasteiger partial charge on any atom is 0.237 e. The summed E-state index contributed by atoms with van der Waals surface area (Å²) >= 11 is 5.91. The Morgan fingerprint density at radius 2 is 2.00 bits per heavy atom. The largest absolute Gasteiger partial charge is 0.351 e. The van der Waals surface area contributed by atoms with Crippen molar-refractivity contribution in [3.8, 4) is 0 Å². The number of imidazole rings is 1. The fraction of sp³-hybridized carbons (Fsp3) is 0.474. The van der Waals surface area contributed by atoms with Crippen LogP contribution in [0.3, 0.4) is 0 Å². The lowest BCUT2D eigenvalue weighted by Crippen LogP contribution is -2.58. The lowest BCUT2D eigenvalue weighted by atomic mass is 9.75. The minimum Gasteiger partial charge on any atom is -0.351 e. The van der Waals surface area contributed by atoms with Gasteiger partial charge in [0.05, 0.1) is 23.6 Å². The smallest absolute Gasteiger partial charge is 0.237 e. The van der Waals surface area contributed by atoms with Gasteiger partial charge in [-0.3, -0.25) is 10.1 Å². The molecule has 25 heavy (non-hydrogen) atoms. The Hall–Kier alpha value is -1.85. The van der Waals surface area contributed by atoms with Crippen molar-refractivity contribution in [1.82, 2.24) is 20.6 Å². The van der Waals surface area contributed by atoms with Gasteiger partial charge in [0, 0.05) is 23.7 Å². The number of hydrogen-bond donors (Lipinski definition) is 3. The average molecular weight is 359 g/mol.